The van der Waals surface area contributed by atoms with Crippen molar-refractivity contribution < 1.29 is 14.5 Å². The largest absolute Gasteiger partial charge is 0.378 e. The Kier molecular flexibility index (Phi) is 5.65. The van der Waals surface area contributed by atoms with E-state index in [9.17, 15) is 14.9 Å². The molecule has 0 bridgehead atoms. The van der Waals surface area contributed by atoms with Crippen LogP contribution in [0.1, 0.15) is 21.5 Å². The van der Waals surface area contributed by atoms with Crippen molar-refractivity contribution in [3.05, 3.63) is 75.3 Å². The number of carbonyl (C=O) groups excluding carboxylic acids is 1. The molecule has 1 amide bonds. The molecular formula is C24H22N4O4S. The fraction of sp³-hybridized carbons (Fsp3) is 0.250. The zero-order valence-electron chi connectivity index (χ0n) is 17.8. The van der Waals surface area contributed by atoms with Crippen molar-refractivity contribution in [1.29, 1.82) is 0 Å². The maximum atomic E-state index is 13.1. The highest BCUT2D eigenvalue weighted by atomic mass is 32.1. The molecule has 0 unspecified atom stereocenters. The Labute approximate surface area is 195 Å². The third-order valence-corrected chi connectivity index (χ3v) is 6.34. The van der Waals surface area contributed by atoms with Crippen molar-refractivity contribution in [2.75, 3.05) is 36.5 Å². The molecule has 0 radical (unpaired) electrons. The van der Waals surface area contributed by atoms with E-state index >= 15 is 0 Å². The van der Waals surface area contributed by atoms with Crippen LogP contribution in [-0.4, -0.2) is 42.2 Å². The molecule has 3 aromatic carbocycles. The summed E-state index contributed by atoms with van der Waals surface area (Å²) in [6, 6.07) is 14.6. The first-order valence-corrected chi connectivity index (χ1v) is 11.2. The Morgan fingerprint density at radius 3 is 2.58 bits per heavy atom. The van der Waals surface area contributed by atoms with Crippen LogP contribution in [0.4, 0.5) is 17.1 Å². The Morgan fingerprint density at radius 1 is 1.06 bits per heavy atom. The number of carbonyl (C=O) groups is 1. The zero-order chi connectivity index (χ0) is 22.9. The van der Waals surface area contributed by atoms with Crippen LogP contribution in [0.15, 0.2) is 48.5 Å². The number of aryl methyl sites for hydroxylation is 2. The second-order valence-corrected chi connectivity index (χ2v) is 8.49. The van der Waals surface area contributed by atoms with Gasteiger partial charge in [0.1, 0.15) is 0 Å². The molecule has 33 heavy (non-hydrogen) atoms. The number of morpholine rings is 1. The number of hydrogen-bond donors (Lipinski definition) is 2. The number of non-ortho nitro benzene ring substituents is 1. The van der Waals surface area contributed by atoms with Gasteiger partial charge in [-0.25, -0.2) is 0 Å². The first-order valence-electron chi connectivity index (χ1n) is 10.8. The lowest BCUT2D eigenvalue weighted by Gasteiger charge is -2.30. The van der Waals surface area contributed by atoms with E-state index in [-0.39, 0.29) is 16.4 Å². The van der Waals surface area contributed by atoms with Crippen LogP contribution in [0, 0.1) is 10.1 Å². The third kappa shape index (κ3) is 4.12. The van der Waals surface area contributed by atoms with Gasteiger partial charge in [0, 0.05) is 36.3 Å². The van der Waals surface area contributed by atoms with Gasteiger partial charge in [-0.1, -0.05) is 24.3 Å². The summed E-state index contributed by atoms with van der Waals surface area (Å²) in [5, 5.41) is 19.6. The number of anilines is 2. The highest BCUT2D eigenvalue weighted by Gasteiger charge is 2.23. The van der Waals surface area contributed by atoms with E-state index in [1.165, 1.54) is 28.6 Å². The monoisotopic (exact) mass is 462 g/mol. The van der Waals surface area contributed by atoms with Gasteiger partial charge < -0.3 is 15.0 Å². The van der Waals surface area contributed by atoms with Crippen LogP contribution in [0.25, 0.3) is 10.8 Å². The molecule has 5 rings (SSSR count). The Morgan fingerprint density at radius 2 is 1.82 bits per heavy atom. The van der Waals surface area contributed by atoms with Gasteiger partial charge >= 0.3 is 0 Å². The lowest BCUT2D eigenvalue weighted by molar-refractivity contribution is -0.384. The van der Waals surface area contributed by atoms with Crippen LogP contribution in [-0.2, 0) is 17.6 Å². The Hall–Kier alpha value is -3.56. The van der Waals surface area contributed by atoms with Crippen LogP contribution in [0.2, 0.25) is 0 Å². The molecule has 0 atom stereocenters. The standard InChI is InChI=1S/C24H22N4O4S/c29-23(19-14-17(28(30)31)7-9-21(19)27-10-12-32-13-11-27)26-24(33)25-20-8-6-16-5-4-15-2-1-3-18(20)22(15)16/h1-3,6-9,14H,4-5,10-13H2,(H2,25,26,29,33). The van der Waals surface area contributed by atoms with Gasteiger partial charge in [0.2, 0.25) is 0 Å². The number of benzene rings is 3. The summed E-state index contributed by atoms with van der Waals surface area (Å²) in [5.74, 6) is -0.497. The fourth-order valence-corrected chi connectivity index (χ4v) is 4.78. The van der Waals surface area contributed by atoms with E-state index in [1.54, 1.807) is 6.07 Å². The molecule has 0 spiro atoms. The Bertz CT molecular complexity index is 1280. The first kappa shape index (κ1) is 21.3. The number of hydrogen-bond acceptors (Lipinski definition) is 6. The van der Waals surface area contributed by atoms with E-state index in [0.717, 1.165) is 23.9 Å². The number of rotatable bonds is 4. The van der Waals surface area contributed by atoms with Crippen molar-refractivity contribution in [3.8, 4) is 0 Å². The van der Waals surface area contributed by atoms with Crippen LogP contribution < -0.4 is 15.5 Å². The second-order valence-electron chi connectivity index (χ2n) is 8.08. The Balaban J connectivity index is 1.40. The lowest BCUT2D eigenvalue weighted by atomic mass is 10.0. The number of thiocarbonyl (C=S) groups is 1. The summed E-state index contributed by atoms with van der Waals surface area (Å²) in [5.41, 5.74) is 4.12. The maximum absolute atomic E-state index is 13.1. The highest BCUT2D eigenvalue weighted by molar-refractivity contribution is 7.80. The van der Waals surface area contributed by atoms with Crippen LogP contribution >= 0.6 is 12.2 Å². The average Bonchev–Trinajstić information content (AvgIpc) is 3.25. The van der Waals surface area contributed by atoms with Crippen molar-refractivity contribution in [1.82, 2.24) is 5.32 Å². The second kappa shape index (κ2) is 8.76. The molecule has 1 fully saturated rings. The highest BCUT2D eigenvalue weighted by Crippen LogP contribution is 2.35. The third-order valence-electron chi connectivity index (χ3n) is 6.14. The van der Waals surface area contributed by atoms with Gasteiger partial charge in [-0.2, -0.15) is 0 Å². The molecule has 1 saturated heterocycles. The van der Waals surface area contributed by atoms with Crippen molar-refractivity contribution in [2.45, 2.75) is 12.8 Å². The number of ether oxygens (including phenoxy) is 1. The number of nitrogens with one attached hydrogen (secondary N) is 2. The van der Waals surface area contributed by atoms with E-state index in [2.05, 4.69) is 22.8 Å². The van der Waals surface area contributed by atoms with Gasteiger partial charge in [-0.15, -0.1) is 0 Å². The van der Waals surface area contributed by atoms with Crippen molar-refractivity contribution in [2.24, 2.45) is 0 Å². The maximum Gasteiger partial charge on any atom is 0.270 e. The predicted molar refractivity (Wildman–Crippen MR) is 131 cm³/mol. The average molecular weight is 463 g/mol. The summed E-state index contributed by atoms with van der Waals surface area (Å²) < 4.78 is 5.39. The summed E-state index contributed by atoms with van der Waals surface area (Å²) in [7, 11) is 0. The van der Waals surface area contributed by atoms with Gasteiger partial charge in [0.25, 0.3) is 11.6 Å². The molecule has 1 heterocycles. The minimum atomic E-state index is -0.511. The van der Waals surface area contributed by atoms with Crippen LogP contribution in [0.5, 0.6) is 0 Å². The summed E-state index contributed by atoms with van der Waals surface area (Å²) in [6.45, 7) is 2.26. The molecule has 1 aliphatic heterocycles. The van der Waals surface area contributed by atoms with E-state index in [0.29, 0.717) is 32.0 Å². The molecule has 8 nitrogen and oxygen atoms in total. The molecule has 2 aliphatic rings. The molecule has 2 N–H and O–H groups in total. The van der Waals surface area contributed by atoms with Crippen LogP contribution in [0.3, 0.4) is 0 Å². The molecular weight excluding hydrogens is 440 g/mol. The van der Waals surface area contributed by atoms with E-state index < -0.39 is 10.8 Å². The van der Waals surface area contributed by atoms with Gasteiger partial charge in [0.15, 0.2) is 5.11 Å². The summed E-state index contributed by atoms with van der Waals surface area (Å²) in [4.78, 5) is 25.9. The number of amides is 1. The van der Waals surface area contributed by atoms with Crippen molar-refractivity contribution in [3.63, 3.8) is 0 Å². The van der Waals surface area contributed by atoms with Gasteiger partial charge in [0.05, 0.1) is 29.4 Å². The quantitative estimate of drug-likeness (QED) is 0.346. The normalized spacial score (nSPS) is 14.8. The van der Waals surface area contributed by atoms with E-state index in [4.69, 9.17) is 17.0 Å². The number of nitrogens with zero attached hydrogens (tertiary/aromatic N) is 2. The molecule has 0 aromatic heterocycles. The topological polar surface area (TPSA) is 96.7 Å². The predicted octanol–water partition coefficient (Wildman–Crippen LogP) is 3.81. The minimum Gasteiger partial charge on any atom is -0.378 e. The summed E-state index contributed by atoms with van der Waals surface area (Å²) >= 11 is 5.43. The van der Waals surface area contributed by atoms with E-state index in [1.807, 2.05) is 23.1 Å². The van der Waals surface area contributed by atoms with Gasteiger partial charge in [-0.3, -0.25) is 20.2 Å². The smallest absolute Gasteiger partial charge is 0.270 e. The summed E-state index contributed by atoms with van der Waals surface area (Å²) in [6.07, 6.45) is 2.04. The molecule has 1 aliphatic carbocycles. The minimum absolute atomic E-state index is 0.137. The SMILES string of the molecule is O=C(NC(=S)Nc1ccc2c3c(cccc13)CC2)c1cc([N+](=O)[O-])ccc1N1CCOCC1. The first-order chi connectivity index (χ1) is 16.0. The molecule has 168 valence electrons. The number of nitro groups is 1. The lowest BCUT2D eigenvalue weighted by Crippen LogP contribution is -2.39. The fourth-order valence-electron chi connectivity index (χ4n) is 4.58. The van der Waals surface area contributed by atoms with Crippen molar-refractivity contribution >= 4 is 51.1 Å². The van der Waals surface area contributed by atoms with Gasteiger partial charge in [-0.05, 0) is 53.7 Å². The molecule has 0 saturated carbocycles. The number of nitro benzene ring substituents is 1. The molecule has 9 heteroatoms. The zero-order valence-corrected chi connectivity index (χ0v) is 18.6. The molecule has 3 aromatic rings.